The molecule has 1 aliphatic rings. The molecule has 1 aliphatic heterocycles. The van der Waals surface area contributed by atoms with Crippen molar-refractivity contribution in [2.45, 2.75) is 53.0 Å². The van der Waals surface area contributed by atoms with Crippen LogP contribution < -0.4 is 4.90 Å². The van der Waals surface area contributed by atoms with Crippen molar-refractivity contribution in [1.82, 2.24) is 14.6 Å². The highest BCUT2D eigenvalue weighted by Crippen LogP contribution is 2.39. The molecule has 0 atom stereocenters. The molecule has 0 bridgehead atoms. The summed E-state index contributed by atoms with van der Waals surface area (Å²) >= 11 is 12.6. The zero-order valence-electron chi connectivity index (χ0n) is 16.2. The van der Waals surface area contributed by atoms with E-state index in [1.807, 2.05) is 23.6 Å². The third-order valence-corrected chi connectivity index (χ3v) is 6.22. The lowest BCUT2D eigenvalue weighted by Gasteiger charge is -2.28. The second kappa shape index (κ2) is 6.99. The van der Waals surface area contributed by atoms with E-state index in [1.165, 1.54) is 11.4 Å². The third-order valence-electron chi connectivity index (χ3n) is 5.68. The molecule has 4 nitrogen and oxygen atoms in total. The lowest BCUT2D eigenvalue weighted by Crippen LogP contribution is -2.34. The number of benzene rings is 1. The van der Waals surface area contributed by atoms with Gasteiger partial charge in [0.1, 0.15) is 5.82 Å². The molecular formula is C21H24Cl2N4. The Hall–Kier alpha value is -1.78. The van der Waals surface area contributed by atoms with Crippen LogP contribution in [-0.2, 0) is 6.42 Å². The van der Waals surface area contributed by atoms with Gasteiger partial charge in [0.25, 0.3) is 0 Å². The Morgan fingerprint density at radius 2 is 1.85 bits per heavy atom. The van der Waals surface area contributed by atoms with Crippen LogP contribution in [0.5, 0.6) is 0 Å². The predicted octanol–water partition coefficient (Wildman–Crippen LogP) is 5.87. The van der Waals surface area contributed by atoms with Crippen molar-refractivity contribution in [2.75, 3.05) is 11.4 Å². The van der Waals surface area contributed by atoms with Crippen LogP contribution in [0.25, 0.3) is 16.8 Å². The van der Waals surface area contributed by atoms with Crippen molar-refractivity contribution in [1.29, 1.82) is 0 Å². The van der Waals surface area contributed by atoms with E-state index in [-0.39, 0.29) is 0 Å². The summed E-state index contributed by atoms with van der Waals surface area (Å²) in [5, 5.41) is 6.14. The monoisotopic (exact) mass is 402 g/mol. The second-order valence-corrected chi connectivity index (χ2v) is 8.08. The third kappa shape index (κ3) is 2.90. The van der Waals surface area contributed by atoms with Crippen LogP contribution in [0.4, 0.5) is 5.82 Å². The number of fused-ring (bicyclic) bond motifs is 3. The highest BCUT2D eigenvalue weighted by molar-refractivity contribution is 6.36. The summed E-state index contributed by atoms with van der Waals surface area (Å²) in [4.78, 5) is 7.45. The highest BCUT2D eigenvalue weighted by atomic mass is 35.5. The lowest BCUT2D eigenvalue weighted by molar-refractivity contribution is 0.563. The van der Waals surface area contributed by atoms with Gasteiger partial charge in [0.15, 0.2) is 5.65 Å². The number of rotatable bonds is 4. The molecule has 142 valence electrons. The van der Waals surface area contributed by atoms with Crippen molar-refractivity contribution in [3.8, 4) is 11.1 Å². The van der Waals surface area contributed by atoms with Gasteiger partial charge < -0.3 is 4.90 Å². The number of aromatic nitrogens is 3. The summed E-state index contributed by atoms with van der Waals surface area (Å²) in [6.45, 7) is 9.66. The summed E-state index contributed by atoms with van der Waals surface area (Å²) in [5.74, 6) is 1.20. The molecule has 4 rings (SSSR count). The molecular weight excluding hydrogens is 379 g/mol. The molecule has 0 spiro atoms. The van der Waals surface area contributed by atoms with Gasteiger partial charge in [-0.2, -0.15) is 9.61 Å². The molecule has 6 heteroatoms. The first-order valence-electron chi connectivity index (χ1n) is 9.57. The first kappa shape index (κ1) is 18.6. The maximum atomic E-state index is 6.51. The minimum Gasteiger partial charge on any atom is -0.353 e. The average Bonchev–Trinajstić information content (AvgIpc) is 3.19. The zero-order chi connectivity index (χ0) is 19.3. The van der Waals surface area contributed by atoms with Gasteiger partial charge in [-0.05, 0) is 45.2 Å². The SMILES string of the molecule is CCC(CC)N1CCc2c(C)nc3c(-c4ccc(Cl)cc4Cl)c(C)nn3c21. The van der Waals surface area contributed by atoms with E-state index in [4.69, 9.17) is 33.3 Å². The quantitative estimate of drug-likeness (QED) is 0.546. The van der Waals surface area contributed by atoms with Crippen molar-refractivity contribution >= 4 is 34.7 Å². The van der Waals surface area contributed by atoms with Crippen LogP contribution in [0.1, 0.15) is 43.6 Å². The van der Waals surface area contributed by atoms with Crippen LogP contribution in [0, 0.1) is 13.8 Å². The normalized spacial score (nSPS) is 13.8. The highest BCUT2D eigenvalue weighted by Gasteiger charge is 2.31. The summed E-state index contributed by atoms with van der Waals surface area (Å²) < 4.78 is 2.03. The van der Waals surface area contributed by atoms with Crippen LogP contribution in [0.2, 0.25) is 10.0 Å². The molecule has 0 radical (unpaired) electrons. The molecule has 0 N–H and O–H groups in total. The molecule has 0 amide bonds. The topological polar surface area (TPSA) is 33.4 Å². The number of aryl methyl sites for hydroxylation is 2. The molecule has 0 fully saturated rings. The molecule has 0 unspecified atom stereocenters. The smallest absolute Gasteiger partial charge is 0.165 e. The number of halogens is 2. The standard InChI is InChI=1S/C21H24Cl2N4/c1-5-15(6-2)26-10-9-16-12(3)24-20-19(13(4)25-27(20)21(16)26)17-8-7-14(22)11-18(17)23/h7-8,11,15H,5-6,9-10H2,1-4H3. The first-order valence-corrected chi connectivity index (χ1v) is 10.3. The largest absolute Gasteiger partial charge is 0.353 e. The zero-order valence-corrected chi connectivity index (χ0v) is 17.7. The number of anilines is 1. The van der Waals surface area contributed by atoms with Crippen LogP contribution in [0.15, 0.2) is 18.2 Å². The summed E-state index contributed by atoms with van der Waals surface area (Å²) in [6, 6.07) is 6.11. The molecule has 1 aromatic carbocycles. The molecule has 0 saturated carbocycles. The van der Waals surface area contributed by atoms with Gasteiger partial charge in [0.05, 0.1) is 16.3 Å². The first-order chi connectivity index (χ1) is 13.0. The lowest BCUT2D eigenvalue weighted by atomic mass is 10.1. The van der Waals surface area contributed by atoms with E-state index >= 15 is 0 Å². The summed E-state index contributed by atoms with van der Waals surface area (Å²) in [5.41, 5.74) is 6.09. The molecule has 0 saturated heterocycles. The van der Waals surface area contributed by atoms with E-state index in [9.17, 15) is 0 Å². The maximum Gasteiger partial charge on any atom is 0.165 e. The predicted molar refractivity (Wildman–Crippen MR) is 113 cm³/mol. The number of nitrogens with zero attached hydrogens (tertiary/aromatic N) is 4. The van der Waals surface area contributed by atoms with Gasteiger partial charge in [-0.25, -0.2) is 4.98 Å². The molecule has 2 aromatic heterocycles. The number of hydrogen-bond donors (Lipinski definition) is 0. The Labute approximate surface area is 170 Å². The minimum absolute atomic E-state index is 0.517. The molecule has 3 aromatic rings. The van der Waals surface area contributed by atoms with Crippen molar-refractivity contribution in [2.24, 2.45) is 0 Å². The van der Waals surface area contributed by atoms with E-state index in [2.05, 4.69) is 25.7 Å². The minimum atomic E-state index is 0.517. The van der Waals surface area contributed by atoms with E-state index < -0.39 is 0 Å². The average molecular weight is 403 g/mol. The van der Waals surface area contributed by atoms with Gasteiger partial charge in [0.2, 0.25) is 0 Å². The summed E-state index contributed by atoms with van der Waals surface area (Å²) in [6.07, 6.45) is 3.26. The van der Waals surface area contributed by atoms with E-state index in [1.54, 1.807) is 6.07 Å². The Morgan fingerprint density at radius 3 is 2.52 bits per heavy atom. The van der Waals surface area contributed by atoms with Gasteiger partial charge in [0, 0.05) is 34.4 Å². The van der Waals surface area contributed by atoms with Gasteiger partial charge in [-0.1, -0.05) is 43.1 Å². The van der Waals surface area contributed by atoms with Crippen molar-refractivity contribution in [3.63, 3.8) is 0 Å². The molecule has 27 heavy (non-hydrogen) atoms. The Kier molecular flexibility index (Phi) is 4.81. The Bertz CT molecular complexity index is 1020. The fourth-order valence-corrected chi connectivity index (χ4v) is 4.80. The van der Waals surface area contributed by atoms with Crippen LogP contribution in [0.3, 0.4) is 0 Å². The van der Waals surface area contributed by atoms with Gasteiger partial charge >= 0.3 is 0 Å². The van der Waals surface area contributed by atoms with Crippen molar-refractivity contribution < 1.29 is 0 Å². The summed E-state index contributed by atoms with van der Waals surface area (Å²) in [7, 11) is 0. The maximum absolute atomic E-state index is 6.51. The van der Waals surface area contributed by atoms with Crippen LogP contribution in [-0.4, -0.2) is 27.2 Å². The second-order valence-electron chi connectivity index (χ2n) is 7.23. The Balaban J connectivity index is 1.99. The molecule has 3 heterocycles. The van der Waals surface area contributed by atoms with E-state index in [0.717, 1.165) is 54.0 Å². The number of hydrogen-bond acceptors (Lipinski definition) is 3. The Morgan fingerprint density at radius 1 is 1.11 bits per heavy atom. The van der Waals surface area contributed by atoms with Gasteiger partial charge in [-0.3, -0.25) is 0 Å². The van der Waals surface area contributed by atoms with Gasteiger partial charge in [-0.15, -0.1) is 0 Å². The van der Waals surface area contributed by atoms with Crippen molar-refractivity contribution in [3.05, 3.63) is 45.2 Å². The molecule has 0 aliphatic carbocycles. The fourth-order valence-electron chi connectivity index (χ4n) is 4.30. The van der Waals surface area contributed by atoms with E-state index in [0.29, 0.717) is 16.1 Å². The fraction of sp³-hybridized carbons (Fsp3) is 0.429. The van der Waals surface area contributed by atoms with Crippen LogP contribution >= 0.6 is 23.2 Å².